The first-order valence-electron chi connectivity index (χ1n) is 5.85. The monoisotopic (exact) mass is 300 g/mol. The number of nitrogens with two attached hydrogens (primary N) is 1. The molecule has 6 heteroatoms. The molecule has 0 saturated carbocycles. The molecule has 0 aliphatic carbocycles. The lowest BCUT2D eigenvalue weighted by Crippen LogP contribution is -2.32. The minimum atomic E-state index is -0.490. The van der Waals surface area contributed by atoms with E-state index < -0.39 is 5.92 Å². The van der Waals surface area contributed by atoms with Crippen LogP contribution >= 0.6 is 23.8 Å². The molecule has 3 N–H and O–H groups in total. The summed E-state index contributed by atoms with van der Waals surface area (Å²) in [4.78, 5) is 12.3. The van der Waals surface area contributed by atoms with E-state index in [-0.39, 0.29) is 10.9 Å². The van der Waals surface area contributed by atoms with Crippen molar-refractivity contribution in [1.29, 1.82) is 0 Å². The molecule has 0 radical (unpaired) electrons. The SMILES string of the molecule is CCC(C(=O)Nc1cc(C)c(Cl)cc1OC)C(N)=S. The van der Waals surface area contributed by atoms with E-state index in [1.165, 1.54) is 7.11 Å². The van der Waals surface area contributed by atoms with E-state index in [9.17, 15) is 4.79 Å². The summed E-state index contributed by atoms with van der Waals surface area (Å²) in [5.74, 6) is -0.229. The molecule has 104 valence electrons. The Balaban J connectivity index is 3.02. The number of ether oxygens (including phenoxy) is 1. The summed E-state index contributed by atoms with van der Waals surface area (Å²) in [6, 6.07) is 3.42. The van der Waals surface area contributed by atoms with Gasteiger partial charge in [-0.15, -0.1) is 0 Å². The van der Waals surface area contributed by atoms with Crippen molar-refractivity contribution in [3.63, 3.8) is 0 Å². The fourth-order valence-electron chi connectivity index (χ4n) is 1.67. The number of halogens is 1. The lowest BCUT2D eigenvalue weighted by atomic mass is 10.1. The number of methoxy groups -OCH3 is 1. The van der Waals surface area contributed by atoms with E-state index in [0.717, 1.165) is 5.56 Å². The number of hydrogen-bond donors (Lipinski definition) is 2. The molecule has 1 amide bonds. The van der Waals surface area contributed by atoms with Gasteiger partial charge in [-0.05, 0) is 25.0 Å². The lowest BCUT2D eigenvalue weighted by molar-refractivity contribution is -0.118. The Bertz CT molecular complexity index is 506. The average Bonchev–Trinajstić information content (AvgIpc) is 2.33. The highest BCUT2D eigenvalue weighted by molar-refractivity contribution is 7.80. The van der Waals surface area contributed by atoms with Crippen molar-refractivity contribution < 1.29 is 9.53 Å². The van der Waals surface area contributed by atoms with Crippen LogP contribution in [0.2, 0.25) is 5.02 Å². The quantitative estimate of drug-likeness (QED) is 0.821. The Kier molecular flexibility index (Phi) is 5.57. The van der Waals surface area contributed by atoms with Gasteiger partial charge >= 0.3 is 0 Å². The van der Waals surface area contributed by atoms with Crippen LogP contribution < -0.4 is 15.8 Å². The van der Waals surface area contributed by atoms with E-state index in [0.29, 0.717) is 22.9 Å². The second kappa shape index (κ2) is 6.73. The molecule has 0 bridgehead atoms. The van der Waals surface area contributed by atoms with Gasteiger partial charge in [0.05, 0.1) is 23.7 Å². The molecule has 1 rings (SSSR count). The maximum Gasteiger partial charge on any atom is 0.234 e. The molecular formula is C13H17ClN2O2S. The minimum Gasteiger partial charge on any atom is -0.495 e. The van der Waals surface area contributed by atoms with Crippen LogP contribution in [0.5, 0.6) is 5.75 Å². The van der Waals surface area contributed by atoms with Gasteiger partial charge in [0, 0.05) is 11.1 Å². The first kappa shape index (κ1) is 15.7. The number of thiocarbonyl (C=S) groups is 1. The molecule has 19 heavy (non-hydrogen) atoms. The number of rotatable bonds is 5. The molecular weight excluding hydrogens is 284 g/mol. The Hall–Kier alpha value is -1.33. The van der Waals surface area contributed by atoms with E-state index in [1.807, 2.05) is 13.8 Å². The highest BCUT2D eigenvalue weighted by Crippen LogP contribution is 2.31. The number of aryl methyl sites for hydroxylation is 1. The number of carbonyl (C=O) groups is 1. The summed E-state index contributed by atoms with van der Waals surface area (Å²) in [6.07, 6.45) is 0.552. The Morgan fingerprint density at radius 1 is 1.58 bits per heavy atom. The summed E-state index contributed by atoms with van der Waals surface area (Å²) in [5.41, 5.74) is 6.95. The average molecular weight is 301 g/mol. The molecule has 0 aliphatic rings. The zero-order valence-corrected chi connectivity index (χ0v) is 12.7. The molecule has 0 heterocycles. The third-order valence-electron chi connectivity index (χ3n) is 2.81. The predicted molar refractivity (Wildman–Crippen MR) is 81.9 cm³/mol. The summed E-state index contributed by atoms with van der Waals surface area (Å²) in [5, 5.41) is 3.35. The van der Waals surface area contributed by atoms with E-state index in [2.05, 4.69) is 5.32 Å². The Morgan fingerprint density at radius 3 is 2.68 bits per heavy atom. The summed E-state index contributed by atoms with van der Waals surface area (Å²) in [7, 11) is 1.52. The fraction of sp³-hybridized carbons (Fsp3) is 0.385. The van der Waals surface area contributed by atoms with Gasteiger partial charge in [0.1, 0.15) is 5.75 Å². The van der Waals surface area contributed by atoms with Gasteiger partial charge in [-0.3, -0.25) is 4.79 Å². The molecule has 0 aromatic heterocycles. The van der Waals surface area contributed by atoms with E-state index in [4.69, 9.17) is 34.3 Å². The molecule has 1 unspecified atom stereocenters. The first-order valence-corrected chi connectivity index (χ1v) is 6.63. The molecule has 0 saturated heterocycles. The first-order chi connectivity index (χ1) is 8.90. The van der Waals surface area contributed by atoms with Crippen LogP contribution in [0.15, 0.2) is 12.1 Å². The van der Waals surface area contributed by atoms with Gasteiger partial charge in [-0.1, -0.05) is 30.7 Å². The van der Waals surface area contributed by atoms with E-state index in [1.54, 1.807) is 12.1 Å². The van der Waals surface area contributed by atoms with Crippen LogP contribution in [-0.2, 0) is 4.79 Å². The van der Waals surface area contributed by atoms with Crippen molar-refractivity contribution in [2.24, 2.45) is 11.7 Å². The summed E-state index contributed by atoms with van der Waals surface area (Å²) < 4.78 is 5.19. The Morgan fingerprint density at radius 2 is 2.21 bits per heavy atom. The molecule has 1 atom stereocenters. The van der Waals surface area contributed by atoms with Crippen LogP contribution in [-0.4, -0.2) is 18.0 Å². The van der Waals surface area contributed by atoms with Gasteiger partial charge in [-0.2, -0.15) is 0 Å². The van der Waals surface area contributed by atoms with Crippen molar-refractivity contribution in [2.45, 2.75) is 20.3 Å². The largest absolute Gasteiger partial charge is 0.495 e. The number of benzene rings is 1. The molecule has 1 aromatic rings. The zero-order chi connectivity index (χ0) is 14.6. The maximum absolute atomic E-state index is 12.1. The normalized spacial score (nSPS) is 11.8. The van der Waals surface area contributed by atoms with Crippen LogP contribution in [0.4, 0.5) is 5.69 Å². The van der Waals surface area contributed by atoms with Gasteiger partial charge in [0.25, 0.3) is 0 Å². The molecule has 1 aromatic carbocycles. The van der Waals surface area contributed by atoms with Crippen molar-refractivity contribution in [1.82, 2.24) is 0 Å². The van der Waals surface area contributed by atoms with Crippen molar-refractivity contribution >= 4 is 40.4 Å². The third kappa shape index (κ3) is 3.81. The van der Waals surface area contributed by atoms with Crippen molar-refractivity contribution in [3.05, 3.63) is 22.7 Å². The lowest BCUT2D eigenvalue weighted by Gasteiger charge is -2.16. The standard InChI is InChI=1S/C13H17ClN2O2S/c1-4-8(12(15)19)13(17)16-10-5-7(2)9(14)6-11(10)18-3/h5-6,8H,4H2,1-3H3,(H2,15,19)(H,16,17). The smallest absolute Gasteiger partial charge is 0.234 e. The number of amides is 1. The second-order valence-corrected chi connectivity index (χ2v) is 5.03. The number of hydrogen-bond acceptors (Lipinski definition) is 3. The van der Waals surface area contributed by atoms with Gasteiger partial charge < -0.3 is 15.8 Å². The van der Waals surface area contributed by atoms with E-state index >= 15 is 0 Å². The second-order valence-electron chi connectivity index (χ2n) is 4.15. The number of nitrogens with one attached hydrogen (secondary N) is 1. The molecule has 0 fully saturated rings. The topological polar surface area (TPSA) is 64.3 Å². The van der Waals surface area contributed by atoms with Crippen molar-refractivity contribution in [3.8, 4) is 5.75 Å². The van der Waals surface area contributed by atoms with Crippen LogP contribution in [0.1, 0.15) is 18.9 Å². The summed E-state index contributed by atoms with van der Waals surface area (Å²) >= 11 is 10.9. The molecule has 0 spiro atoms. The molecule has 0 aliphatic heterocycles. The highest BCUT2D eigenvalue weighted by Gasteiger charge is 2.20. The van der Waals surface area contributed by atoms with Crippen molar-refractivity contribution in [2.75, 3.05) is 12.4 Å². The highest BCUT2D eigenvalue weighted by atomic mass is 35.5. The fourth-order valence-corrected chi connectivity index (χ4v) is 2.09. The summed E-state index contributed by atoms with van der Waals surface area (Å²) in [6.45, 7) is 3.70. The number of carbonyl (C=O) groups excluding carboxylic acids is 1. The third-order valence-corrected chi connectivity index (χ3v) is 3.50. The van der Waals surface area contributed by atoms with Crippen LogP contribution in [0.3, 0.4) is 0 Å². The van der Waals surface area contributed by atoms with Crippen LogP contribution in [0, 0.1) is 12.8 Å². The minimum absolute atomic E-state index is 0.185. The number of anilines is 1. The predicted octanol–water partition coefficient (Wildman–Crippen LogP) is 2.91. The van der Waals surface area contributed by atoms with Gasteiger partial charge in [0.15, 0.2) is 0 Å². The van der Waals surface area contributed by atoms with Gasteiger partial charge in [-0.25, -0.2) is 0 Å². The zero-order valence-electron chi connectivity index (χ0n) is 11.1. The van der Waals surface area contributed by atoms with Gasteiger partial charge in [0.2, 0.25) is 5.91 Å². The molecule has 4 nitrogen and oxygen atoms in total. The Labute approximate surface area is 123 Å². The van der Waals surface area contributed by atoms with Crippen LogP contribution in [0.25, 0.3) is 0 Å². The maximum atomic E-state index is 12.1.